The van der Waals surface area contributed by atoms with Gasteiger partial charge in [0.1, 0.15) is 5.69 Å². The van der Waals surface area contributed by atoms with Crippen LogP contribution in [0.5, 0.6) is 0 Å². The molecule has 0 atom stereocenters. The van der Waals surface area contributed by atoms with E-state index in [9.17, 15) is 18.0 Å². The van der Waals surface area contributed by atoms with Gasteiger partial charge in [-0.3, -0.25) is 0 Å². The minimum atomic E-state index is -4.51. The molecule has 0 saturated carbocycles. The predicted octanol–water partition coefficient (Wildman–Crippen LogP) is 4.35. The van der Waals surface area contributed by atoms with Crippen molar-refractivity contribution in [1.29, 1.82) is 0 Å². The summed E-state index contributed by atoms with van der Waals surface area (Å²) >= 11 is 0. The maximum atomic E-state index is 13.1. The van der Waals surface area contributed by atoms with Crippen molar-refractivity contribution in [2.24, 2.45) is 0 Å². The number of hydrogen-bond donors (Lipinski definition) is 1. The molecule has 0 spiro atoms. The third kappa shape index (κ3) is 3.97. The summed E-state index contributed by atoms with van der Waals surface area (Å²) in [6.45, 7) is 0. The minimum Gasteiger partial charge on any atom is -0.338 e. The SMILES string of the molecule is O=C(ONc1cnc(-c2ccccc2C(F)(F)F)nc1)c1ccccc1. The van der Waals surface area contributed by atoms with Crippen molar-refractivity contribution in [2.75, 3.05) is 5.48 Å². The molecular formula is C18H12F3N3O2. The summed E-state index contributed by atoms with van der Waals surface area (Å²) in [4.78, 5) is 24.5. The topological polar surface area (TPSA) is 64.1 Å². The molecule has 26 heavy (non-hydrogen) atoms. The number of hydrogen-bond acceptors (Lipinski definition) is 5. The molecule has 1 N–H and O–H groups in total. The van der Waals surface area contributed by atoms with Crippen LogP contribution in [-0.2, 0) is 11.0 Å². The Bertz CT molecular complexity index is 898. The van der Waals surface area contributed by atoms with Crippen molar-refractivity contribution in [3.63, 3.8) is 0 Å². The van der Waals surface area contributed by atoms with Crippen LogP contribution >= 0.6 is 0 Å². The molecule has 8 heteroatoms. The smallest absolute Gasteiger partial charge is 0.338 e. The first-order valence-corrected chi connectivity index (χ1v) is 7.46. The van der Waals surface area contributed by atoms with Gasteiger partial charge in [-0.2, -0.15) is 13.2 Å². The Balaban J connectivity index is 1.73. The zero-order chi connectivity index (χ0) is 18.6. The predicted molar refractivity (Wildman–Crippen MR) is 88.0 cm³/mol. The highest BCUT2D eigenvalue weighted by Gasteiger charge is 2.33. The molecule has 1 heterocycles. The maximum absolute atomic E-state index is 13.1. The van der Waals surface area contributed by atoms with E-state index in [-0.39, 0.29) is 17.1 Å². The van der Waals surface area contributed by atoms with Crippen molar-refractivity contribution in [3.8, 4) is 11.4 Å². The van der Waals surface area contributed by atoms with Crippen LogP contribution in [0.15, 0.2) is 67.0 Å². The van der Waals surface area contributed by atoms with Crippen LogP contribution < -0.4 is 5.48 Å². The van der Waals surface area contributed by atoms with E-state index in [0.29, 0.717) is 5.56 Å². The highest BCUT2D eigenvalue weighted by atomic mass is 19.4. The van der Waals surface area contributed by atoms with Crippen LogP contribution in [0.25, 0.3) is 11.4 Å². The molecular weight excluding hydrogens is 347 g/mol. The summed E-state index contributed by atoms with van der Waals surface area (Å²) in [5, 5.41) is 0. The number of nitrogens with one attached hydrogen (secondary N) is 1. The average Bonchev–Trinajstić information content (AvgIpc) is 2.66. The van der Waals surface area contributed by atoms with E-state index >= 15 is 0 Å². The summed E-state index contributed by atoms with van der Waals surface area (Å²) < 4.78 is 39.2. The van der Waals surface area contributed by atoms with Crippen LogP contribution in [0.1, 0.15) is 15.9 Å². The number of carbonyl (C=O) groups excluding carboxylic acids is 1. The van der Waals surface area contributed by atoms with E-state index in [1.54, 1.807) is 30.3 Å². The molecule has 0 aliphatic rings. The standard InChI is InChI=1S/C18H12F3N3O2/c19-18(20,21)15-9-5-4-8-14(15)16-22-10-13(11-23-16)24-26-17(25)12-6-2-1-3-7-12/h1-11,24H. The van der Waals surface area contributed by atoms with Crippen molar-refractivity contribution in [2.45, 2.75) is 6.18 Å². The number of benzene rings is 2. The molecule has 0 aliphatic heterocycles. The highest BCUT2D eigenvalue weighted by Crippen LogP contribution is 2.35. The molecule has 0 bridgehead atoms. The third-order valence-electron chi connectivity index (χ3n) is 3.40. The second kappa shape index (κ2) is 7.22. The Kier molecular flexibility index (Phi) is 4.83. The van der Waals surface area contributed by atoms with Gasteiger partial charge in [-0.15, -0.1) is 0 Å². The Hall–Kier alpha value is -3.42. The molecule has 0 saturated heterocycles. The first-order valence-electron chi connectivity index (χ1n) is 7.46. The first-order chi connectivity index (χ1) is 12.4. The molecule has 1 aromatic heterocycles. The zero-order valence-electron chi connectivity index (χ0n) is 13.2. The molecule has 0 unspecified atom stereocenters. The van der Waals surface area contributed by atoms with Crippen molar-refractivity contribution >= 4 is 11.7 Å². The molecule has 0 fully saturated rings. The molecule has 3 rings (SSSR count). The van der Waals surface area contributed by atoms with E-state index in [4.69, 9.17) is 4.84 Å². The zero-order valence-corrected chi connectivity index (χ0v) is 13.2. The van der Waals surface area contributed by atoms with Gasteiger partial charge in [-0.25, -0.2) is 20.2 Å². The van der Waals surface area contributed by atoms with Gasteiger partial charge >= 0.3 is 12.1 Å². The van der Waals surface area contributed by atoms with Crippen LogP contribution in [0.2, 0.25) is 0 Å². The lowest BCUT2D eigenvalue weighted by Crippen LogP contribution is -2.11. The fourth-order valence-electron chi connectivity index (χ4n) is 2.18. The van der Waals surface area contributed by atoms with Gasteiger partial charge in [-0.05, 0) is 18.2 Å². The highest BCUT2D eigenvalue weighted by molar-refractivity contribution is 5.89. The Labute approximate surface area is 146 Å². The van der Waals surface area contributed by atoms with Gasteiger partial charge in [0.05, 0.1) is 23.5 Å². The summed E-state index contributed by atoms with van der Waals surface area (Å²) in [6, 6.07) is 13.3. The molecule has 0 aliphatic carbocycles. The van der Waals surface area contributed by atoms with Gasteiger partial charge < -0.3 is 4.84 Å². The Morgan fingerprint density at radius 2 is 1.54 bits per heavy atom. The monoisotopic (exact) mass is 359 g/mol. The normalized spacial score (nSPS) is 11.0. The summed E-state index contributed by atoms with van der Waals surface area (Å²) in [6.07, 6.45) is -2.05. The Morgan fingerprint density at radius 1 is 0.923 bits per heavy atom. The van der Waals surface area contributed by atoms with Crippen LogP contribution in [0.3, 0.4) is 0 Å². The largest absolute Gasteiger partial charge is 0.417 e. The molecule has 132 valence electrons. The van der Waals surface area contributed by atoms with Crippen molar-refractivity contribution in [3.05, 3.63) is 78.1 Å². The fraction of sp³-hybridized carbons (Fsp3) is 0.0556. The number of aromatic nitrogens is 2. The van der Waals surface area contributed by atoms with E-state index in [0.717, 1.165) is 6.07 Å². The number of anilines is 1. The van der Waals surface area contributed by atoms with Gasteiger partial charge in [-0.1, -0.05) is 36.4 Å². The van der Waals surface area contributed by atoms with Gasteiger partial charge in [0, 0.05) is 5.56 Å². The van der Waals surface area contributed by atoms with Gasteiger partial charge in [0.15, 0.2) is 5.82 Å². The number of halogens is 3. The van der Waals surface area contributed by atoms with Crippen molar-refractivity contribution < 1.29 is 22.8 Å². The number of rotatable bonds is 4. The molecule has 5 nitrogen and oxygen atoms in total. The Morgan fingerprint density at radius 3 is 2.19 bits per heavy atom. The molecule has 2 aromatic carbocycles. The second-order valence-electron chi connectivity index (χ2n) is 5.20. The number of alkyl halides is 3. The lowest BCUT2D eigenvalue weighted by Gasteiger charge is -2.12. The number of nitrogens with zero attached hydrogens (tertiary/aromatic N) is 2. The summed E-state index contributed by atoms with van der Waals surface area (Å²) in [7, 11) is 0. The molecule has 0 amide bonds. The van der Waals surface area contributed by atoms with Crippen LogP contribution in [0.4, 0.5) is 18.9 Å². The maximum Gasteiger partial charge on any atom is 0.417 e. The minimum absolute atomic E-state index is 0.0853. The fourth-order valence-corrected chi connectivity index (χ4v) is 2.18. The number of carbonyl (C=O) groups is 1. The van der Waals surface area contributed by atoms with Gasteiger partial charge in [0.2, 0.25) is 0 Å². The van der Waals surface area contributed by atoms with E-state index < -0.39 is 17.7 Å². The summed E-state index contributed by atoms with van der Waals surface area (Å²) in [5.74, 6) is -0.699. The lowest BCUT2D eigenvalue weighted by atomic mass is 10.1. The van der Waals surface area contributed by atoms with Crippen LogP contribution in [0, 0.1) is 0 Å². The first kappa shape index (κ1) is 17.4. The quantitative estimate of drug-likeness (QED) is 0.702. The van der Waals surface area contributed by atoms with E-state index in [1.165, 1.54) is 30.6 Å². The van der Waals surface area contributed by atoms with E-state index in [2.05, 4.69) is 15.4 Å². The van der Waals surface area contributed by atoms with Crippen molar-refractivity contribution in [1.82, 2.24) is 9.97 Å². The molecule has 0 radical (unpaired) electrons. The second-order valence-corrected chi connectivity index (χ2v) is 5.20. The lowest BCUT2D eigenvalue weighted by molar-refractivity contribution is -0.137. The van der Waals surface area contributed by atoms with Gasteiger partial charge in [0.25, 0.3) is 0 Å². The average molecular weight is 359 g/mol. The molecule has 3 aromatic rings. The summed E-state index contributed by atoms with van der Waals surface area (Å²) in [5.41, 5.74) is 1.98. The third-order valence-corrected chi connectivity index (χ3v) is 3.40. The van der Waals surface area contributed by atoms with Crippen LogP contribution in [-0.4, -0.2) is 15.9 Å². The van der Waals surface area contributed by atoms with E-state index in [1.807, 2.05) is 0 Å².